The second kappa shape index (κ2) is 9.79. The molecule has 0 radical (unpaired) electrons. The van der Waals surface area contributed by atoms with Gasteiger partial charge in [0.2, 0.25) is 6.29 Å². The van der Waals surface area contributed by atoms with Gasteiger partial charge in [-0.1, -0.05) is 11.6 Å². The number of esters is 1. The molecular weight excluding hydrogens is 468 g/mol. The molecule has 0 bridgehead atoms. The standard InChI is InChI=1S/C22H19ClN4O7/c1-3-31-22(30)33-12(2)32-21(29)16-9-14(23)7-13-8-15(34-18(13)16)10-25-20(28)17-11-26-27-6-4-5-24-19(17)27/h4-9,11-12H,3,10H2,1-2H3,(H,25,28). The van der Waals surface area contributed by atoms with Crippen molar-refractivity contribution in [3.63, 3.8) is 0 Å². The number of hydrogen-bond acceptors (Lipinski definition) is 9. The highest BCUT2D eigenvalue weighted by molar-refractivity contribution is 6.32. The van der Waals surface area contributed by atoms with Crippen LogP contribution in [0.15, 0.2) is 47.3 Å². The number of rotatable bonds is 7. The summed E-state index contributed by atoms with van der Waals surface area (Å²) < 4.78 is 21.9. The number of halogens is 1. The van der Waals surface area contributed by atoms with Crippen molar-refractivity contribution < 1.29 is 33.0 Å². The van der Waals surface area contributed by atoms with Crippen molar-refractivity contribution in [1.29, 1.82) is 0 Å². The fourth-order valence-electron chi connectivity index (χ4n) is 3.18. The summed E-state index contributed by atoms with van der Waals surface area (Å²) in [5, 5.41) is 7.62. The van der Waals surface area contributed by atoms with Crippen LogP contribution in [0.2, 0.25) is 5.02 Å². The molecule has 0 aliphatic rings. The molecule has 1 N–H and O–H groups in total. The molecule has 0 spiro atoms. The maximum absolute atomic E-state index is 12.7. The number of fused-ring (bicyclic) bond motifs is 2. The first-order chi connectivity index (χ1) is 16.4. The minimum absolute atomic E-state index is 0.0335. The third-order valence-corrected chi connectivity index (χ3v) is 4.81. The molecule has 4 rings (SSSR count). The van der Waals surface area contributed by atoms with Gasteiger partial charge in [0.1, 0.15) is 22.5 Å². The first-order valence-corrected chi connectivity index (χ1v) is 10.6. The van der Waals surface area contributed by atoms with Gasteiger partial charge in [0.25, 0.3) is 5.91 Å². The smallest absolute Gasteiger partial charge is 0.458 e. The predicted octanol–water partition coefficient (Wildman–Crippen LogP) is 3.73. The molecule has 0 saturated heterocycles. The van der Waals surface area contributed by atoms with Gasteiger partial charge in [-0.05, 0) is 31.2 Å². The van der Waals surface area contributed by atoms with Crippen LogP contribution in [0.25, 0.3) is 16.6 Å². The van der Waals surface area contributed by atoms with Crippen molar-refractivity contribution in [2.45, 2.75) is 26.7 Å². The molecular formula is C22H19ClN4O7. The minimum Gasteiger partial charge on any atom is -0.458 e. The van der Waals surface area contributed by atoms with Crippen LogP contribution in [0.5, 0.6) is 0 Å². The van der Waals surface area contributed by atoms with E-state index in [9.17, 15) is 14.4 Å². The fourth-order valence-corrected chi connectivity index (χ4v) is 3.41. The van der Waals surface area contributed by atoms with Crippen LogP contribution < -0.4 is 5.32 Å². The molecule has 12 heteroatoms. The average molecular weight is 487 g/mol. The van der Waals surface area contributed by atoms with Gasteiger partial charge in [-0.15, -0.1) is 0 Å². The predicted molar refractivity (Wildman–Crippen MR) is 118 cm³/mol. The Morgan fingerprint density at radius 3 is 2.82 bits per heavy atom. The van der Waals surface area contributed by atoms with E-state index in [1.807, 2.05) is 0 Å². The number of carbonyl (C=O) groups is 3. The van der Waals surface area contributed by atoms with E-state index in [-0.39, 0.29) is 29.3 Å². The summed E-state index contributed by atoms with van der Waals surface area (Å²) in [5.41, 5.74) is 0.964. The highest BCUT2D eigenvalue weighted by atomic mass is 35.5. The van der Waals surface area contributed by atoms with E-state index in [0.717, 1.165) is 0 Å². The monoisotopic (exact) mass is 486 g/mol. The molecule has 0 aliphatic heterocycles. The van der Waals surface area contributed by atoms with Gasteiger partial charge in [-0.2, -0.15) is 5.10 Å². The summed E-state index contributed by atoms with van der Waals surface area (Å²) >= 11 is 6.15. The van der Waals surface area contributed by atoms with Gasteiger partial charge in [-0.25, -0.2) is 19.1 Å². The Morgan fingerprint density at radius 1 is 1.21 bits per heavy atom. The molecule has 3 aromatic heterocycles. The lowest BCUT2D eigenvalue weighted by Gasteiger charge is -2.13. The molecule has 34 heavy (non-hydrogen) atoms. The molecule has 1 aromatic carbocycles. The van der Waals surface area contributed by atoms with Crippen LogP contribution in [-0.4, -0.2) is 45.5 Å². The van der Waals surface area contributed by atoms with Gasteiger partial charge < -0.3 is 23.9 Å². The largest absolute Gasteiger partial charge is 0.511 e. The molecule has 176 valence electrons. The number of aromatic nitrogens is 3. The summed E-state index contributed by atoms with van der Waals surface area (Å²) in [7, 11) is 0. The van der Waals surface area contributed by atoms with Crippen LogP contribution in [0, 0.1) is 0 Å². The molecule has 4 aromatic rings. The highest BCUT2D eigenvalue weighted by Crippen LogP contribution is 2.28. The molecule has 1 amide bonds. The van der Waals surface area contributed by atoms with Gasteiger partial charge in [0, 0.05) is 29.7 Å². The zero-order chi connectivity index (χ0) is 24.2. The van der Waals surface area contributed by atoms with Crippen LogP contribution in [0.3, 0.4) is 0 Å². The first kappa shape index (κ1) is 23.1. The Morgan fingerprint density at radius 2 is 2.03 bits per heavy atom. The maximum atomic E-state index is 12.7. The fraction of sp³-hybridized carbons (Fsp3) is 0.227. The molecule has 3 heterocycles. The van der Waals surface area contributed by atoms with E-state index >= 15 is 0 Å². The normalized spacial score (nSPS) is 11.9. The Hall–Kier alpha value is -4.12. The van der Waals surface area contributed by atoms with E-state index in [2.05, 4.69) is 20.1 Å². The van der Waals surface area contributed by atoms with Crippen LogP contribution in [-0.2, 0) is 20.8 Å². The topological polar surface area (TPSA) is 134 Å². The lowest BCUT2D eigenvalue weighted by Crippen LogP contribution is -2.22. The van der Waals surface area contributed by atoms with Crippen LogP contribution in [0.1, 0.15) is 40.3 Å². The number of carbonyl (C=O) groups excluding carboxylic acids is 3. The zero-order valence-electron chi connectivity index (χ0n) is 18.1. The van der Waals surface area contributed by atoms with Crippen LogP contribution in [0.4, 0.5) is 4.79 Å². The number of ether oxygens (including phenoxy) is 3. The third kappa shape index (κ3) is 4.94. The van der Waals surface area contributed by atoms with Crippen molar-refractivity contribution >= 4 is 46.2 Å². The Bertz CT molecular complexity index is 1380. The Kier molecular flexibility index (Phi) is 6.64. The van der Waals surface area contributed by atoms with Gasteiger partial charge in [0.05, 0.1) is 19.3 Å². The molecule has 1 atom stereocenters. The lowest BCUT2D eigenvalue weighted by molar-refractivity contribution is -0.0810. The van der Waals surface area contributed by atoms with E-state index in [1.54, 1.807) is 37.5 Å². The Balaban J connectivity index is 1.49. The van der Waals surface area contributed by atoms with Crippen molar-refractivity contribution in [2.24, 2.45) is 0 Å². The van der Waals surface area contributed by atoms with Gasteiger partial charge >= 0.3 is 12.1 Å². The SMILES string of the molecule is CCOC(=O)OC(C)OC(=O)c1cc(Cl)cc2cc(CNC(=O)c3cnn4cccnc34)oc12. The number of furan rings is 1. The summed E-state index contributed by atoms with van der Waals surface area (Å²) in [6, 6.07) is 6.33. The lowest BCUT2D eigenvalue weighted by atomic mass is 10.1. The Labute approximate surface area is 197 Å². The third-order valence-electron chi connectivity index (χ3n) is 4.60. The maximum Gasteiger partial charge on any atom is 0.511 e. The summed E-state index contributed by atoms with van der Waals surface area (Å²) in [6.07, 6.45) is 2.51. The van der Waals surface area contributed by atoms with Crippen LogP contribution >= 0.6 is 11.6 Å². The van der Waals surface area contributed by atoms with E-state index in [4.69, 9.17) is 25.5 Å². The quantitative estimate of drug-likeness (QED) is 0.306. The molecule has 0 saturated carbocycles. The second-order valence-corrected chi connectivity index (χ2v) is 7.42. The molecule has 11 nitrogen and oxygen atoms in total. The van der Waals surface area contributed by atoms with Crippen molar-refractivity contribution in [1.82, 2.24) is 19.9 Å². The molecule has 0 aliphatic carbocycles. The average Bonchev–Trinajstić information content (AvgIpc) is 3.40. The number of benzene rings is 1. The summed E-state index contributed by atoms with van der Waals surface area (Å²) in [6.45, 7) is 3.14. The minimum atomic E-state index is -1.20. The zero-order valence-corrected chi connectivity index (χ0v) is 18.9. The molecule has 0 fully saturated rings. The highest BCUT2D eigenvalue weighted by Gasteiger charge is 2.22. The van der Waals surface area contributed by atoms with Crippen molar-refractivity contribution in [3.8, 4) is 0 Å². The van der Waals surface area contributed by atoms with Crippen molar-refractivity contribution in [2.75, 3.05) is 6.61 Å². The van der Waals surface area contributed by atoms with Gasteiger partial charge in [-0.3, -0.25) is 4.79 Å². The number of nitrogens with one attached hydrogen (secondary N) is 1. The second-order valence-electron chi connectivity index (χ2n) is 6.99. The number of nitrogens with zero attached hydrogens (tertiary/aromatic N) is 3. The summed E-state index contributed by atoms with van der Waals surface area (Å²) in [4.78, 5) is 40.8. The van der Waals surface area contributed by atoms with Crippen molar-refractivity contribution in [3.05, 3.63) is 64.8 Å². The number of amides is 1. The first-order valence-electron chi connectivity index (χ1n) is 10.2. The van der Waals surface area contributed by atoms with E-state index < -0.39 is 24.3 Å². The summed E-state index contributed by atoms with van der Waals surface area (Å²) in [5.74, 6) is -0.830. The molecule has 1 unspecified atom stereocenters. The number of hydrogen-bond donors (Lipinski definition) is 1. The van der Waals surface area contributed by atoms with Gasteiger partial charge in [0.15, 0.2) is 5.65 Å². The van der Waals surface area contributed by atoms with E-state index in [1.165, 1.54) is 23.7 Å². The van der Waals surface area contributed by atoms with E-state index in [0.29, 0.717) is 22.4 Å².